The molecule has 1 atom stereocenters. The number of hydrogen-bond acceptors (Lipinski definition) is 5. The number of nitrogens with zero attached hydrogens (tertiary/aromatic N) is 1. The van der Waals surface area contributed by atoms with Gasteiger partial charge >= 0.3 is 0 Å². The second-order valence-electron chi connectivity index (χ2n) is 6.45. The highest BCUT2D eigenvalue weighted by Crippen LogP contribution is 2.39. The van der Waals surface area contributed by atoms with E-state index < -0.39 is 17.7 Å². The van der Waals surface area contributed by atoms with Gasteiger partial charge in [0.15, 0.2) is 0 Å². The quantitative estimate of drug-likeness (QED) is 0.482. The molecule has 3 rings (SSSR count). The Labute approximate surface area is 157 Å². The zero-order valence-corrected chi connectivity index (χ0v) is 15.2. The van der Waals surface area contributed by atoms with Gasteiger partial charge in [-0.05, 0) is 24.6 Å². The average Bonchev–Trinajstić information content (AvgIpc) is 2.91. The number of phenolic OH excluding ortho intramolecular Hbond substituents is 1. The minimum Gasteiger partial charge on any atom is -0.508 e. The monoisotopic (exact) mass is 367 g/mol. The molecule has 1 aliphatic rings. The number of carbonyl (C=O) groups excluding carboxylic acids is 2. The predicted octanol–water partition coefficient (Wildman–Crippen LogP) is 2.77. The Morgan fingerprint density at radius 2 is 1.85 bits per heavy atom. The number of Topliss-reactive ketones (excluding diaryl/α,β-unsaturated/α-hetero) is 1. The SMILES string of the molecule is COCCN1C(=O)C(=O)/C(=C(/O)c2ccc(C)cc2)C1c1cccc(O)c1. The van der Waals surface area contributed by atoms with Crippen LogP contribution in [-0.4, -0.2) is 47.1 Å². The number of carbonyl (C=O) groups is 2. The predicted molar refractivity (Wildman–Crippen MR) is 100 cm³/mol. The second-order valence-corrected chi connectivity index (χ2v) is 6.45. The first kappa shape index (κ1) is 18.7. The molecular weight excluding hydrogens is 346 g/mol. The van der Waals surface area contributed by atoms with Gasteiger partial charge in [-0.25, -0.2) is 0 Å². The Morgan fingerprint density at radius 3 is 2.48 bits per heavy atom. The molecule has 1 unspecified atom stereocenters. The van der Waals surface area contributed by atoms with Crippen molar-refractivity contribution in [2.24, 2.45) is 0 Å². The van der Waals surface area contributed by atoms with Crippen LogP contribution in [0.25, 0.3) is 5.76 Å². The van der Waals surface area contributed by atoms with Crippen LogP contribution in [-0.2, 0) is 14.3 Å². The topological polar surface area (TPSA) is 87.1 Å². The summed E-state index contributed by atoms with van der Waals surface area (Å²) in [6, 6.07) is 12.6. The lowest BCUT2D eigenvalue weighted by molar-refractivity contribution is -0.140. The molecule has 6 nitrogen and oxygen atoms in total. The molecule has 2 N–H and O–H groups in total. The first-order valence-electron chi connectivity index (χ1n) is 8.57. The summed E-state index contributed by atoms with van der Waals surface area (Å²) in [7, 11) is 1.51. The zero-order chi connectivity index (χ0) is 19.6. The lowest BCUT2D eigenvalue weighted by Crippen LogP contribution is -2.32. The number of ether oxygens (including phenoxy) is 1. The number of aliphatic hydroxyl groups excluding tert-OH is 1. The fraction of sp³-hybridized carbons (Fsp3) is 0.238. The molecule has 0 bridgehead atoms. The Kier molecular flexibility index (Phi) is 5.28. The molecule has 0 aliphatic carbocycles. The molecule has 0 aromatic heterocycles. The van der Waals surface area contributed by atoms with Gasteiger partial charge in [0, 0.05) is 19.2 Å². The summed E-state index contributed by atoms with van der Waals surface area (Å²) >= 11 is 0. The standard InChI is InChI=1S/C21H21NO5/c1-13-6-8-14(9-7-13)19(24)17-18(15-4-3-5-16(23)12-15)22(10-11-27-2)21(26)20(17)25/h3-9,12,18,23-24H,10-11H2,1-2H3/b19-17+. The summed E-state index contributed by atoms with van der Waals surface area (Å²) in [4.78, 5) is 26.7. The maximum atomic E-state index is 12.7. The average molecular weight is 367 g/mol. The van der Waals surface area contributed by atoms with E-state index in [4.69, 9.17) is 4.74 Å². The van der Waals surface area contributed by atoms with Crippen molar-refractivity contribution in [1.82, 2.24) is 4.90 Å². The van der Waals surface area contributed by atoms with Gasteiger partial charge in [0.25, 0.3) is 11.7 Å². The summed E-state index contributed by atoms with van der Waals surface area (Å²) in [5.41, 5.74) is 2.01. The summed E-state index contributed by atoms with van der Waals surface area (Å²) in [5.74, 6) is -1.67. The van der Waals surface area contributed by atoms with Gasteiger partial charge in [-0.3, -0.25) is 9.59 Å². The maximum absolute atomic E-state index is 12.7. The number of methoxy groups -OCH3 is 1. The first-order chi connectivity index (χ1) is 12.9. The van der Waals surface area contributed by atoms with E-state index in [-0.39, 0.29) is 30.2 Å². The minimum absolute atomic E-state index is 0.00514. The number of rotatable bonds is 5. The number of hydrogen-bond donors (Lipinski definition) is 2. The van der Waals surface area contributed by atoms with Crippen molar-refractivity contribution >= 4 is 17.4 Å². The van der Waals surface area contributed by atoms with Crippen molar-refractivity contribution < 1.29 is 24.5 Å². The first-order valence-corrected chi connectivity index (χ1v) is 8.57. The van der Waals surface area contributed by atoms with Crippen molar-refractivity contribution in [3.8, 4) is 5.75 Å². The normalized spacial score (nSPS) is 18.9. The molecular formula is C21H21NO5. The molecule has 27 heavy (non-hydrogen) atoms. The third kappa shape index (κ3) is 3.57. The van der Waals surface area contributed by atoms with Gasteiger partial charge in [-0.15, -0.1) is 0 Å². The molecule has 0 spiro atoms. The highest BCUT2D eigenvalue weighted by Gasteiger charge is 2.45. The van der Waals surface area contributed by atoms with Crippen molar-refractivity contribution in [3.63, 3.8) is 0 Å². The van der Waals surface area contributed by atoms with Crippen LogP contribution < -0.4 is 0 Å². The van der Waals surface area contributed by atoms with E-state index in [2.05, 4.69) is 0 Å². The summed E-state index contributed by atoms with van der Waals surface area (Å²) in [6.45, 7) is 2.35. The Bertz CT molecular complexity index is 901. The molecule has 1 amide bonds. The van der Waals surface area contributed by atoms with Crippen LogP contribution >= 0.6 is 0 Å². The second kappa shape index (κ2) is 7.63. The van der Waals surface area contributed by atoms with E-state index in [0.29, 0.717) is 11.1 Å². The third-order valence-electron chi connectivity index (χ3n) is 4.59. The van der Waals surface area contributed by atoms with E-state index in [1.54, 1.807) is 24.3 Å². The van der Waals surface area contributed by atoms with Crippen LogP contribution in [0.4, 0.5) is 0 Å². The van der Waals surface area contributed by atoms with Crippen molar-refractivity contribution in [2.75, 3.05) is 20.3 Å². The largest absolute Gasteiger partial charge is 0.508 e. The fourth-order valence-corrected chi connectivity index (χ4v) is 3.21. The number of ketones is 1. The Hall–Kier alpha value is -3.12. The number of amides is 1. The highest BCUT2D eigenvalue weighted by atomic mass is 16.5. The number of aryl methyl sites for hydroxylation is 1. The van der Waals surface area contributed by atoms with Gasteiger partial charge in [0.1, 0.15) is 11.5 Å². The van der Waals surface area contributed by atoms with Gasteiger partial charge in [-0.2, -0.15) is 0 Å². The molecule has 0 radical (unpaired) electrons. The van der Waals surface area contributed by atoms with E-state index in [9.17, 15) is 19.8 Å². The van der Waals surface area contributed by atoms with Crippen molar-refractivity contribution in [2.45, 2.75) is 13.0 Å². The molecule has 1 aliphatic heterocycles. The number of aliphatic hydroxyl groups is 1. The molecule has 1 heterocycles. The van der Waals surface area contributed by atoms with Crippen LogP contribution in [0.5, 0.6) is 5.75 Å². The summed E-state index contributed by atoms with van der Waals surface area (Å²) in [5, 5.41) is 20.7. The molecule has 6 heteroatoms. The number of likely N-dealkylation sites (tertiary alicyclic amines) is 1. The van der Waals surface area contributed by atoms with Gasteiger partial charge < -0.3 is 19.8 Å². The van der Waals surface area contributed by atoms with Gasteiger partial charge in [0.2, 0.25) is 0 Å². The molecule has 1 saturated heterocycles. The zero-order valence-electron chi connectivity index (χ0n) is 15.2. The van der Waals surface area contributed by atoms with Crippen LogP contribution in [0, 0.1) is 6.92 Å². The lowest BCUT2D eigenvalue weighted by atomic mass is 9.95. The van der Waals surface area contributed by atoms with Crippen LogP contribution in [0.15, 0.2) is 54.1 Å². The Morgan fingerprint density at radius 1 is 1.15 bits per heavy atom. The molecule has 0 saturated carbocycles. The summed E-state index contributed by atoms with van der Waals surface area (Å²) < 4.78 is 5.06. The smallest absolute Gasteiger partial charge is 0.295 e. The van der Waals surface area contributed by atoms with E-state index in [1.165, 1.54) is 24.1 Å². The molecule has 1 fully saturated rings. The van der Waals surface area contributed by atoms with Crippen LogP contribution in [0.3, 0.4) is 0 Å². The van der Waals surface area contributed by atoms with Gasteiger partial charge in [0.05, 0.1) is 18.2 Å². The summed E-state index contributed by atoms with van der Waals surface area (Å²) in [6.07, 6.45) is 0. The van der Waals surface area contributed by atoms with E-state index >= 15 is 0 Å². The van der Waals surface area contributed by atoms with Crippen molar-refractivity contribution in [1.29, 1.82) is 0 Å². The van der Waals surface area contributed by atoms with E-state index in [0.717, 1.165) is 5.56 Å². The minimum atomic E-state index is -0.798. The van der Waals surface area contributed by atoms with Crippen molar-refractivity contribution in [3.05, 3.63) is 70.8 Å². The van der Waals surface area contributed by atoms with Crippen LogP contribution in [0.1, 0.15) is 22.7 Å². The fourth-order valence-electron chi connectivity index (χ4n) is 3.21. The number of phenols is 1. The van der Waals surface area contributed by atoms with Crippen LogP contribution in [0.2, 0.25) is 0 Å². The Balaban J connectivity index is 2.16. The van der Waals surface area contributed by atoms with Gasteiger partial charge in [-0.1, -0.05) is 42.0 Å². The molecule has 140 valence electrons. The lowest BCUT2D eigenvalue weighted by Gasteiger charge is -2.25. The third-order valence-corrected chi connectivity index (χ3v) is 4.59. The highest BCUT2D eigenvalue weighted by molar-refractivity contribution is 6.46. The number of aromatic hydroxyl groups is 1. The molecule has 2 aromatic carbocycles. The number of benzene rings is 2. The van der Waals surface area contributed by atoms with E-state index in [1.807, 2.05) is 19.1 Å². The maximum Gasteiger partial charge on any atom is 0.295 e. The molecule has 2 aromatic rings.